The van der Waals surface area contributed by atoms with Crippen molar-refractivity contribution in [2.45, 2.75) is 66.2 Å². The van der Waals surface area contributed by atoms with Crippen molar-refractivity contribution in [1.29, 1.82) is 0 Å². The molecule has 1 fully saturated rings. The molecule has 8 heteroatoms. The van der Waals surface area contributed by atoms with Gasteiger partial charge >= 0.3 is 6.36 Å². The number of hydrogen-bond donors (Lipinski definition) is 2. The number of aromatic nitrogens is 1. The van der Waals surface area contributed by atoms with Crippen molar-refractivity contribution >= 4 is 22.4 Å². The molecule has 1 heterocycles. The number of allylic oxidation sites excluding steroid dienone is 2. The minimum atomic E-state index is -4.76. The second-order valence-corrected chi connectivity index (χ2v) is 9.07. The minimum Gasteiger partial charge on any atom is -0.511 e. The Hall–Kier alpha value is -2.77. The number of benzene rings is 1. The average Bonchev–Trinajstić information content (AvgIpc) is 2.94. The molecule has 3 rings (SSSR count). The van der Waals surface area contributed by atoms with E-state index in [1.165, 1.54) is 12.1 Å². The molecule has 0 amide bonds. The van der Waals surface area contributed by atoms with Crippen LogP contribution in [0, 0.1) is 12.3 Å². The summed E-state index contributed by atoms with van der Waals surface area (Å²) in [5.74, 6) is -0.280. The summed E-state index contributed by atoms with van der Waals surface area (Å²) in [7, 11) is 0. The van der Waals surface area contributed by atoms with Crippen LogP contribution in [-0.4, -0.2) is 34.5 Å². The van der Waals surface area contributed by atoms with E-state index in [0.29, 0.717) is 48.9 Å². The van der Waals surface area contributed by atoms with Crippen LogP contribution in [-0.2, 0) is 11.2 Å². The van der Waals surface area contributed by atoms with Gasteiger partial charge in [0.1, 0.15) is 11.5 Å². The van der Waals surface area contributed by atoms with Crippen LogP contribution in [0.2, 0.25) is 0 Å². The summed E-state index contributed by atoms with van der Waals surface area (Å²) in [6, 6.07) is 4.21. The summed E-state index contributed by atoms with van der Waals surface area (Å²) in [4.78, 5) is 20.6. The van der Waals surface area contributed by atoms with E-state index in [2.05, 4.69) is 14.7 Å². The summed E-state index contributed by atoms with van der Waals surface area (Å²) in [6.07, 6.45) is -2.20. The number of hydrogen-bond acceptors (Lipinski definition) is 4. The van der Waals surface area contributed by atoms with Crippen LogP contribution in [0.15, 0.2) is 34.5 Å². The monoisotopic (exact) mass is 450 g/mol. The fraction of sp³-hybridized carbons (Fsp3) is 0.500. The molecule has 0 atom stereocenters. The molecule has 5 nitrogen and oxygen atoms in total. The Morgan fingerprint density at radius 2 is 2.00 bits per heavy atom. The molecule has 2 N–H and O–H groups in total. The maximum atomic E-state index is 12.7. The first kappa shape index (κ1) is 23.9. The smallest absolute Gasteiger partial charge is 0.511 e. The minimum absolute atomic E-state index is 0.0870. The van der Waals surface area contributed by atoms with Gasteiger partial charge in [-0.1, -0.05) is 20.8 Å². The van der Waals surface area contributed by atoms with Crippen LogP contribution < -0.4 is 4.74 Å². The zero-order chi connectivity index (χ0) is 23.7. The lowest BCUT2D eigenvalue weighted by atomic mass is 9.73. The highest BCUT2D eigenvalue weighted by Gasteiger charge is 2.36. The molecule has 174 valence electrons. The number of aromatic amines is 1. The van der Waals surface area contributed by atoms with Crippen LogP contribution >= 0.6 is 0 Å². The number of rotatable bonds is 6. The number of ketones is 1. The Kier molecular flexibility index (Phi) is 6.72. The van der Waals surface area contributed by atoms with Crippen molar-refractivity contribution in [2.75, 3.05) is 6.54 Å². The first-order valence-electron chi connectivity index (χ1n) is 10.8. The average molecular weight is 451 g/mol. The van der Waals surface area contributed by atoms with Gasteiger partial charge in [-0.3, -0.25) is 9.79 Å². The van der Waals surface area contributed by atoms with Gasteiger partial charge in [0.15, 0.2) is 5.78 Å². The van der Waals surface area contributed by atoms with E-state index in [1.807, 2.05) is 27.7 Å². The summed E-state index contributed by atoms with van der Waals surface area (Å²) in [6.45, 7) is 8.14. The second-order valence-electron chi connectivity index (χ2n) is 9.07. The van der Waals surface area contributed by atoms with Crippen molar-refractivity contribution in [3.8, 4) is 5.75 Å². The molecule has 2 aromatic rings. The van der Waals surface area contributed by atoms with Crippen molar-refractivity contribution in [3.05, 3.63) is 40.8 Å². The van der Waals surface area contributed by atoms with Crippen LogP contribution in [0.4, 0.5) is 13.2 Å². The molecule has 0 saturated heterocycles. The lowest BCUT2D eigenvalue weighted by molar-refractivity contribution is -0.274. The number of H-pyrrole nitrogens is 1. The number of aliphatic hydroxyl groups excluding tert-OH is 1. The third kappa shape index (κ3) is 5.53. The molecular formula is C24H29F3N2O3. The van der Waals surface area contributed by atoms with Crippen LogP contribution in [0.1, 0.15) is 57.7 Å². The predicted octanol–water partition coefficient (Wildman–Crippen LogP) is 6.36. The molecule has 1 aromatic heterocycles. The number of Topliss-reactive ketones (excluding diaryl/α,β-unsaturated/α-hetero) is 1. The number of carbonyl (C=O) groups excluding carboxylic acids is 1. The maximum absolute atomic E-state index is 12.7. The molecule has 1 aliphatic rings. The van der Waals surface area contributed by atoms with Gasteiger partial charge in [-0.15, -0.1) is 13.2 Å². The SMILES string of the molecule is CCCC(O)=C1C(=O)CC(C)(C)CC1=NCCc1c(C)[nH]c2ccc(OC(F)(F)F)cc12. The van der Waals surface area contributed by atoms with Crippen LogP contribution in [0.25, 0.3) is 10.9 Å². The Bertz CT molecular complexity index is 1080. The quantitative estimate of drug-likeness (QED) is 0.397. The largest absolute Gasteiger partial charge is 0.573 e. The predicted molar refractivity (Wildman–Crippen MR) is 118 cm³/mol. The number of aliphatic imine (C=N–C) groups is 1. The van der Waals surface area contributed by atoms with E-state index < -0.39 is 6.36 Å². The first-order valence-corrected chi connectivity index (χ1v) is 10.8. The fourth-order valence-corrected chi connectivity index (χ4v) is 4.30. The summed E-state index contributed by atoms with van der Waals surface area (Å²) >= 11 is 0. The van der Waals surface area contributed by atoms with E-state index in [4.69, 9.17) is 0 Å². The number of ether oxygens (including phenoxy) is 1. The molecule has 0 unspecified atom stereocenters. The fourth-order valence-electron chi connectivity index (χ4n) is 4.30. The lowest BCUT2D eigenvalue weighted by Crippen LogP contribution is -2.33. The van der Waals surface area contributed by atoms with Gasteiger partial charge in [0.25, 0.3) is 0 Å². The summed E-state index contributed by atoms with van der Waals surface area (Å²) < 4.78 is 41.9. The standard InChI is InChI=1S/C24H29F3N2O3/c1-5-6-20(30)22-19(12-23(3,4)13-21(22)31)28-10-9-16-14(2)29-18-8-7-15(11-17(16)18)32-24(25,26)27/h7-8,11,29-30H,5-6,9-10,12-13H2,1-4H3. The molecule has 0 radical (unpaired) electrons. The van der Waals surface area contributed by atoms with E-state index in [1.54, 1.807) is 6.07 Å². The van der Waals surface area contributed by atoms with Crippen molar-refractivity contribution in [3.63, 3.8) is 0 Å². The zero-order valence-corrected chi connectivity index (χ0v) is 18.8. The van der Waals surface area contributed by atoms with Crippen molar-refractivity contribution in [2.24, 2.45) is 10.4 Å². The number of aryl methyl sites for hydroxylation is 1. The molecule has 32 heavy (non-hydrogen) atoms. The number of carbonyl (C=O) groups is 1. The number of nitrogens with one attached hydrogen (secondary N) is 1. The number of fused-ring (bicyclic) bond motifs is 1. The Balaban J connectivity index is 1.89. The highest BCUT2D eigenvalue weighted by atomic mass is 19.4. The van der Waals surface area contributed by atoms with Gasteiger partial charge in [0.05, 0.1) is 5.57 Å². The zero-order valence-electron chi connectivity index (χ0n) is 18.8. The number of halogens is 3. The molecule has 0 spiro atoms. The normalized spacial score (nSPS) is 19.6. The van der Waals surface area contributed by atoms with E-state index in [0.717, 1.165) is 23.2 Å². The van der Waals surface area contributed by atoms with E-state index in [-0.39, 0.29) is 22.7 Å². The summed E-state index contributed by atoms with van der Waals surface area (Å²) in [5.41, 5.74) is 3.11. The van der Waals surface area contributed by atoms with Gasteiger partial charge in [0.2, 0.25) is 0 Å². The lowest BCUT2D eigenvalue weighted by Gasteiger charge is -2.31. The van der Waals surface area contributed by atoms with Crippen molar-refractivity contribution in [1.82, 2.24) is 4.98 Å². The van der Waals surface area contributed by atoms with Gasteiger partial charge in [-0.05, 0) is 55.4 Å². The molecule has 1 saturated carbocycles. The van der Waals surface area contributed by atoms with Gasteiger partial charge < -0.3 is 14.8 Å². The van der Waals surface area contributed by atoms with Crippen LogP contribution in [0.5, 0.6) is 5.75 Å². The Morgan fingerprint density at radius 3 is 2.66 bits per heavy atom. The van der Waals surface area contributed by atoms with Gasteiger partial charge in [-0.2, -0.15) is 0 Å². The second kappa shape index (κ2) is 9.00. The van der Waals surface area contributed by atoms with E-state index in [9.17, 15) is 23.1 Å². The Morgan fingerprint density at radius 1 is 1.28 bits per heavy atom. The van der Waals surface area contributed by atoms with E-state index >= 15 is 0 Å². The highest BCUT2D eigenvalue weighted by Crippen LogP contribution is 2.36. The highest BCUT2D eigenvalue weighted by molar-refractivity contribution is 6.24. The number of nitrogens with zero attached hydrogens (tertiary/aromatic N) is 1. The number of alkyl halides is 3. The summed E-state index contributed by atoms with van der Waals surface area (Å²) in [5, 5.41) is 11.1. The van der Waals surface area contributed by atoms with Gasteiger partial charge in [0, 0.05) is 41.7 Å². The van der Waals surface area contributed by atoms with Gasteiger partial charge in [-0.25, -0.2) is 0 Å². The third-order valence-electron chi connectivity index (χ3n) is 5.62. The molecule has 1 aliphatic carbocycles. The number of aliphatic hydroxyl groups is 1. The maximum Gasteiger partial charge on any atom is 0.573 e. The first-order chi connectivity index (χ1) is 14.9. The molecular weight excluding hydrogens is 421 g/mol. The molecule has 0 aliphatic heterocycles. The Labute approximate surface area is 185 Å². The van der Waals surface area contributed by atoms with Crippen molar-refractivity contribution < 1.29 is 27.8 Å². The molecule has 0 bridgehead atoms. The molecule has 1 aromatic carbocycles. The topological polar surface area (TPSA) is 74.7 Å². The van der Waals surface area contributed by atoms with Crippen LogP contribution in [0.3, 0.4) is 0 Å². The third-order valence-corrected chi connectivity index (χ3v) is 5.62.